The van der Waals surface area contributed by atoms with Gasteiger partial charge in [-0.25, -0.2) is 13.4 Å². The van der Waals surface area contributed by atoms with E-state index in [1.807, 2.05) is 13.0 Å². The van der Waals surface area contributed by atoms with E-state index in [1.165, 1.54) is 11.3 Å². The summed E-state index contributed by atoms with van der Waals surface area (Å²) in [4.78, 5) is 14.3. The van der Waals surface area contributed by atoms with Crippen LogP contribution in [-0.4, -0.2) is 75.8 Å². The van der Waals surface area contributed by atoms with E-state index < -0.39 is 15.2 Å². The average molecular weight is 508 g/mol. The fraction of sp³-hybridized carbons (Fsp3) is 0.455. The second-order valence-corrected chi connectivity index (χ2v) is 11.6. The Morgan fingerprint density at radius 1 is 1.09 bits per heavy atom. The minimum atomic E-state index is -3.68. The molecule has 2 fully saturated rings. The maximum atomic E-state index is 14.0. The molecule has 33 heavy (non-hydrogen) atoms. The number of piperazine rings is 1. The summed E-state index contributed by atoms with van der Waals surface area (Å²) in [5.74, 6) is 0.754. The number of aromatic nitrogens is 2. The number of hydrogen-bond acceptors (Lipinski definition) is 9. The van der Waals surface area contributed by atoms with Gasteiger partial charge < -0.3 is 15.0 Å². The molecule has 4 heterocycles. The Morgan fingerprint density at radius 2 is 1.79 bits per heavy atom. The van der Waals surface area contributed by atoms with Crippen molar-refractivity contribution < 1.29 is 13.2 Å². The standard InChI is InChI=1S/C22H26ClN5O3S2/c1-15-17-19(20(26-22(23)25-17)27-11-13-31-14-12-27)32-18(15)21(28-9-7-24-8-10-28)33(29,30)16-5-3-2-4-6-16/h2-6,21,24H,7-14H2,1H3. The van der Waals surface area contributed by atoms with Gasteiger partial charge in [-0.2, -0.15) is 4.98 Å². The van der Waals surface area contributed by atoms with Gasteiger partial charge in [0.15, 0.2) is 21.0 Å². The highest BCUT2D eigenvalue weighted by molar-refractivity contribution is 7.91. The van der Waals surface area contributed by atoms with E-state index in [-0.39, 0.29) is 5.28 Å². The molecule has 0 amide bonds. The first kappa shape index (κ1) is 22.9. The van der Waals surface area contributed by atoms with Gasteiger partial charge in [-0.3, -0.25) is 4.90 Å². The zero-order valence-electron chi connectivity index (χ0n) is 18.3. The number of sulfone groups is 1. The predicted octanol–water partition coefficient (Wildman–Crippen LogP) is 2.87. The molecule has 1 N–H and O–H groups in total. The number of rotatable bonds is 5. The number of thiophene rings is 1. The van der Waals surface area contributed by atoms with E-state index >= 15 is 0 Å². The van der Waals surface area contributed by atoms with Crippen LogP contribution in [0.2, 0.25) is 5.28 Å². The highest BCUT2D eigenvalue weighted by atomic mass is 35.5. The summed E-state index contributed by atoms with van der Waals surface area (Å²) in [6.07, 6.45) is 0. The third-order valence-corrected chi connectivity index (χ3v) is 9.84. The van der Waals surface area contributed by atoms with Gasteiger partial charge in [0.1, 0.15) is 0 Å². The monoisotopic (exact) mass is 507 g/mol. The van der Waals surface area contributed by atoms with Crippen molar-refractivity contribution in [2.75, 3.05) is 57.4 Å². The van der Waals surface area contributed by atoms with Crippen molar-refractivity contribution in [3.05, 3.63) is 46.1 Å². The van der Waals surface area contributed by atoms with Gasteiger partial charge in [-0.1, -0.05) is 18.2 Å². The first-order chi connectivity index (χ1) is 16.0. The molecule has 1 atom stereocenters. The van der Waals surface area contributed by atoms with Crippen molar-refractivity contribution in [1.82, 2.24) is 20.2 Å². The molecule has 0 saturated carbocycles. The molecule has 3 aromatic rings. The molecule has 0 bridgehead atoms. The maximum absolute atomic E-state index is 14.0. The molecule has 11 heteroatoms. The van der Waals surface area contributed by atoms with Crippen LogP contribution in [0.4, 0.5) is 5.82 Å². The topological polar surface area (TPSA) is 87.7 Å². The SMILES string of the molecule is Cc1c(C(N2CCNCC2)S(=O)(=O)c2ccccc2)sc2c(N3CCOCC3)nc(Cl)nc12. The van der Waals surface area contributed by atoms with Crippen LogP contribution >= 0.6 is 22.9 Å². The summed E-state index contributed by atoms with van der Waals surface area (Å²) >= 11 is 7.79. The van der Waals surface area contributed by atoms with E-state index in [4.69, 9.17) is 16.3 Å². The predicted molar refractivity (Wildman–Crippen MR) is 131 cm³/mol. The first-order valence-corrected chi connectivity index (χ1v) is 13.7. The zero-order valence-corrected chi connectivity index (χ0v) is 20.7. The van der Waals surface area contributed by atoms with Gasteiger partial charge in [-0.05, 0) is 36.2 Å². The summed E-state index contributed by atoms with van der Waals surface area (Å²) in [6.45, 7) is 7.37. The van der Waals surface area contributed by atoms with Crippen molar-refractivity contribution in [2.24, 2.45) is 0 Å². The highest BCUT2D eigenvalue weighted by Crippen LogP contribution is 2.44. The number of benzene rings is 1. The van der Waals surface area contributed by atoms with Crippen LogP contribution in [0.15, 0.2) is 35.2 Å². The number of aryl methyl sites for hydroxylation is 1. The highest BCUT2D eigenvalue weighted by Gasteiger charge is 2.38. The summed E-state index contributed by atoms with van der Waals surface area (Å²) in [6, 6.07) is 8.70. The van der Waals surface area contributed by atoms with E-state index in [9.17, 15) is 8.42 Å². The van der Waals surface area contributed by atoms with Crippen LogP contribution in [0.5, 0.6) is 0 Å². The molecule has 2 aliphatic rings. The van der Waals surface area contributed by atoms with E-state index in [0.29, 0.717) is 44.3 Å². The maximum Gasteiger partial charge on any atom is 0.224 e. The number of nitrogens with zero attached hydrogens (tertiary/aromatic N) is 4. The Kier molecular flexibility index (Phi) is 6.56. The Hall–Kier alpha value is -1.82. The van der Waals surface area contributed by atoms with E-state index in [2.05, 4.69) is 25.1 Å². The number of nitrogens with one attached hydrogen (secondary N) is 1. The second kappa shape index (κ2) is 9.44. The number of hydrogen-bond donors (Lipinski definition) is 1. The molecule has 0 radical (unpaired) electrons. The fourth-order valence-corrected chi connectivity index (χ4v) is 8.27. The van der Waals surface area contributed by atoms with Crippen LogP contribution in [0.1, 0.15) is 15.8 Å². The number of halogens is 1. The molecule has 1 unspecified atom stereocenters. The Balaban J connectivity index is 1.68. The van der Waals surface area contributed by atoms with E-state index in [0.717, 1.165) is 39.6 Å². The van der Waals surface area contributed by atoms with Gasteiger partial charge in [0.2, 0.25) is 5.28 Å². The minimum absolute atomic E-state index is 0.168. The van der Waals surface area contributed by atoms with Crippen molar-refractivity contribution in [3.63, 3.8) is 0 Å². The summed E-state index contributed by atoms with van der Waals surface area (Å²) < 4.78 is 34.3. The Morgan fingerprint density at radius 3 is 2.48 bits per heavy atom. The molecule has 2 aromatic heterocycles. The van der Waals surface area contributed by atoms with Crippen molar-refractivity contribution >= 4 is 48.8 Å². The quantitative estimate of drug-likeness (QED) is 0.527. The number of ether oxygens (including phenoxy) is 1. The summed E-state index contributed by atoms with van der Waals surface area (Å²) in [5.41, 5.74) is 1.57. The van der Waals surface area contributed by atoms with Crippen LogP contribution in [0.25, 0.3) is 10.2 Å². The lowest BCUT2D eigenvalue weighted by molar-refractivity contribution is 0.122. The van der Waals surface area contributed by atoms with Gasteiger partial charge in [-0.15, -0.1) is 11.3 Å². The van der Waals surface area contributed by atoms with Crippen molar-refractivity contribution in [2.45, 2.75) is 17.2 Å². The Labute approximate surface area is 202 Å². The molecular weight excluding hydrogens is 482 g/mol. The van der Waals surface area contributed by atoms with Crippen LogP contribution in [0.3, 0.4) is 0 Å². The lowest BCUT2D eigenvalue weighted by atomic mass is 10.2. The molecule has 2 saturated heterocycles. The van der Waals surface area contributed by atoms with E-state index in [1.54, 1.807) is 24.3 Å². The third-order valence-electron chi connectivity index (χ3n) is 6.14. The van der Waals surface area contributed by atoms with Crippen LogP contribution in [0, 0.1) is 6.92 Å². The Bertz CT molecular complexity index is 1240. The molecule has 1 aromatic carbocycles. The number of anilines is 1. The van der Waals surface area contributed by atoms with Gasteiger partial charge in [0.05, 0.1) is 28.3 Å². The smallest absolute Gasteiger partial charge is 0.224 e. The second-order valence-electron chi connectivity index (χ2n) is 8.18. The molecular formula is C22H26ClN5O3S2. The zero-order chi connectivity index (χ0) is 23.0. The number of morpholine rings is 1. The fourth-order valence-electron chi connectivity index (χ4n) is 4.45. The molecule has 2 aliphatic heterocycles. The average Bonchev–Trinajstić information content (AvgIpc) is 3.16. The summed E-state index contributed by atoms with van der Waals surface area (Å²) in [7, 11) is -3.68. The lowest BCUT2D eigenvalue weighted by Crippen LogP contribution is -2.47. The van der Waals surface area contributed by atoms with Crippen LogP contribution in [-0.2, 0) is 14.6 Å². The van der Waals surface area contributed by atoms with Crippen molar-refractivity contribution in [1.29, 1.82) is 0 Å². The normalized spacial score (nSPS) is 19.2. The van der Waals surface area contributed by atoms with Gasteiger partial charge >= 0.3 is 0 Å². The molecule has 176 valence electrons. The number of fused-ring (bicyclic) bond motifs is 1. The molecule has 5 rings (SSSR count). The molecule has 0 spiro atoms. The molecule has 0 aliphatic carbocycles. The largest absolute Gasteiger partial charge is 0.378 e. The molecule has 8 nitrogen and oxygen atoms in total. The minimum Gasteiger partial charge on any atom is -0.378 e. The lowest BCUT2D eigenvalue weighted by Gasteiger charge is -2.34. The van der Waals surface area contributed by atoms with Gasteiger partial charge in [0.25, 0.3) is 0 Å². The van der Waals surface area contributed by atoms with Crippen molar-refractivity contribution in [3.8, 4) is 0 Å². The van der Waals surface area contributed by atoms with Crippen LogP contribution < -0.4 is 10.2 Å². The summed E-state index contributed by atoms with van der Waals surface area (Å²) in [5, 5.41) is 2.70. The third kappa shape index (κ3) is 4.36. The first-order valence-electron chi connectivity index (χ1n) is 11.0. The van der Waals surface area contributed by atoms with Gasteiger partial charge in [0, 0.05) is 44.1 Å².